The minimum absolute atomic E-state index is 0.0550. The van der Waals surface area contributed by atoms with Gasteiger partial charge in [-0.2, -0.15) is 0 Å². The summed E-state index contributed by atoms with van der Waals surface area (Å²) in [6, 6.07) is 3.89. The standard InChI is InChI=1S/C22H27N3O7S/c1-22(14-6-7-17-18(10-14)32-13-31-17)20(27)24(21(28)23-22)11-19(26)25(15-4-2-3-5-15)16-8-9-33(29,30)12-16/h6-7,10,15-16H,2-5,8-9,11-13H2,1H3,(H,23,28)/t16-,22+/m1/s1. The van der Waals surface area contributed by atoms with Gasteiger partial charge in [0.1, 0.15) is 12.1 Å². The first-order valence-corrected chi connectivity index (χ1v) is 13.1. The lowest BCUT2D eigenvalue weighted by Gasteiger charge is -2.35. The van der Waals surface area contributed by atoms with Crippen LogP contribution in [-0.2, 0) is 25.0 Å². The second kappa shape index (κ2) is 7.89. The molecule has 1 aliphatic carbocycles. The number of fused-ring (bicyclic) bond motifs is 1. The fraction of sp³-hybridized carbons (Fsp3) is 0.591. The third-order valence-electron chi connectivity index (χ3n) is 7.13. The SMILES string of the molecule is C[C@@]1(c2ccc3c(c2)OCO3)NC(=O)N(CC(=O)N(C2CCCC2)[C@@H]2CCS(=O)(=O)C2)C1=O. The third kappa shape index (κ3) is 3.81. The Labute approximate surface area is 192 Å². The summed E-state index contributed by atoms with van der Waals surface area (Å²) >= 11 is 0. The number of hydrogen-bond acceptors (Lipinski definition) is 7. The Morgan fingerprint density at radius 2 is 1.88 bits per heavy atom. The Balaban J connectivity index is 1.37. The average Bonchev–Trinajstić information content (AvgIpc) is 3.54. The van der Waals surface area contributed by atoms with Gasteiger partial charge in [0.25, 0.3) is 5.91 Å². The third-order valence-corrected chi connectivity index (χ3v) is 8.88. The first kappa shape index (κ1) is 22.0. The molecule has 33 heavy (non-hydrogen) atoms. The van der Waals surface area contributed by atoms with Crippen LogP contribution in [0.4, 0.5) is 4.79 Å². The molecule has 1 aromatic rings. The summed E-state index contributed by atoms with van der Waals surface area (Å²) in [5, 5.41) is 2.71. The van der Waals surface area contributed by atoms with Gasteiger partial charge in [0.05, 0.1) is 11.5 Å². The van der Waals surface area contributed by atoms with Gasteiger partial charge in [-0.3, -0.25) is 14.5 Å². The van der Waals surface area contributed by atoms with E-state index in [1.165, 1.54) is 0 Å². The number of nitrogens with zero attached hydrogens (tertiary/aromatic N) is 2. The Kier molecular flexibility index (Phi) is 5.26. The maximum Gasteiger partial charge on any atom is 0.325 e. The lowest BCUT2D eigenvalue weighted by Crippen LogP contribution is -2.51. The van der Waals surface area contributed by atoms with Gasteiger partial charge in [-0.1, -0.05) is 18.9 Å². The molecule has 3 fully saturated rings. The minimum atomic E-state index is -3.19. The highest BCUT2D eigenvalue weighted by atomic mass is 32.2. The molecule has 0 bridgehead atoms. The molecule has 4 aliphatic rings. The predicted molar refractivity (Wildman–Crippen MR) is 116 cm³/mol. The first-order chi connectivity index (χ1) is 15.7. The highest BCUT2D eigenvalue weighted by molar-refractivity contribution is 7.91. The molecule has 4 amide bonds. The average molecular weight is 478 g/mol. The lowest BCUT2D eigenvalue weighted by molar-refractivity contribution is -0.141. The fourth-order valence-corrected chi connectivity index (χ4v) is 7.05. The van der Waals surface area contributed by atoms with E-state index in [0.717, 1.165) is 30.6 Å². The van der Waals surface area contributed by atoms with Crippen molar-refractivity contribution in [2.75, 3.05) is 24.8 Å². The summed E-state index contributed by atoms with van der Waals surface area (Å²) < 4.78 is 34.8. The number of benzene rings is 1. The molecule has 3 aliphatic heterocycles. The molecule has 1 N–H and O–H groups in total. The molecule has 2 saturated heterocycles. The zero-order valence-electron chi connectivity index (χ0n) is 18.4. The van der Waals surface area contributed by atoms with E-state index in [0.29, 0.717) is 23.5 Å². The summed E-state index contributed by atoms with van der Waals surface area (Å²) in [5.41, 5.74) is -0.831. The topological polar surface area (TPSA) is 122 Å². The van der Waals surface area contributed by atoms with Gasteiger partial charge in [0, 0.05) is 12.1 Å². The molecule has 10 nitrogen and oxygen atoms in total. The molecule has 0 unspecified atom stereocenters. The van der Waals surface area contributed by atoms with Crippen LogP contribution >= 0.6 is 0 Å². The highest BCUT2D eigenvalue weighted by Gasteiger charge is 2.51. The molecular formula is C22H27N3O7S. The molecule has 0 spiro atoms. The molecule has 5 rings (SSSR count). The van der Waals surface area contributed by atoms with Crippen molar-refractivity contribution in [1.82, 2.24) is 15.1 Å². The maximum atomic E-state index is 13.4. The lowest BCUT2D eigenvalue weighted by atomic mass is 9.91. The van der Waals surface area contributed by atoms with Crippen molar-refractivity contribution in [3.8, 4) is 11.5 Å². The van der Waals surface area contributed by atoms with Gasteiger partial charge >= 0.3 is 6.03 Å². The van der Waals surface area contributed by atoms with Crippen LogP contribution in [0, 0.1) is 0 Å². The summed E-state index contributed by atoms with van der Waals surface area (Å²) in [6.07, 6.45) is 3.94. The van der Waals surface area contributed by atoms with Crippen LogP contribution < -0.4 is 14.8 Å². The zero-order valence-corrected chi connectivity index (χ0v) is 19.2. The smallest absolute Gasteiger partial charge is 0.325 e. The van der Waals surface area contributed by atoms with E-state index in [1.807, 2.05) is 0 Å². The van der Waals surface area contributed by atoms with Gasteiger partial charge in [-0.15, -0.1) is 0 Å². The molecule has 3 heterocycles. The number of imide groups is 1. The number of amides is 4. The van der Waals surface area contributed by atoms with E-state index >= 15 is 0 Å². The highest BCUT2D eigenvalue weighted by Crippen LogP contribution is 2.38. The van der Waals surface area contributed by atoms with E-state index in [-0.39, 0.29) is 30.2 Å². The van der Waals surface area contributed by atoms with Crippen molar-refractivity contribution >= 4 is 27.7 Å². The largest absolute Gasteiger partial charge is 0.454 e. The number of hydrogen-bond donors (Lipinski definition) is 1. The summed E-state index contributed by atoms with van der Waals surface area (Å²) in [7, 11) is -3.19. The first-order valence-electron chi connectivity index (χ1n) is 11.2. The molecule has 2 atom stereocenters. The number of urea groups is 1. The van der Waals surface area contributed by atoms with Gasteiger partial charge in [0.15, 0.2) is 21.3 Å². The molecule has 0 radical (unpaired) electrons. The number of rotatable bonds is 5. The van der Waals surface area contributed by atoms with Gasteiger partial charge < -0.3 is 19.7 Å². The zero-order chi connectivity index (χ0) is 23.4. The minimum Gasteiger partial charge on any atom is -0.454 e. The Morgan fingerprint density at radius 1 is 1.15 bits per heavy atom. The second-order valence-corrected chi connectivity index (χ2v) is 11.5. The van der Waals surface area contributed by atoms with Crippen molar-refractivity contribution in [2.45, 2.75) is 56.7 Å². The molecular weight excluding hydrogens is 450 g/mol. The summed E-state index contributed by atoms with van der Waals surface area (Å²) in [6.45, 7) is 1.26. The van der Waals surface area contributed by atoms with Crippen LogP contribution in [0.25, 0.3) is 0 Å². The Morgan fingerprint density at radius 3 is 2.58 bits per heavy atom. The van der Waals surface area contributed by atoms with Gasteiger partial charge in [-0.25, -0.2) is 13.2 Å². The van der Waals surface area contributed by atoms with E-state index in [2.05, 4.69) is 5.32 Å². The van der Waals surface area contributed by atoms with E-state index in [4.69, 9.17) is 9.47 Å². The van der Waals surface area contributed by atoms with Crippen LogP contribution in [0.3, 0.4) is 0 Å². The number of carbonyl (C=O) groups excluding carboxylic acids is 3. The van der Waals surface area contributed by atoms with Crippen molar-refractivity contribution < 1.29 is 32.3 Å². The summed E-state index contributed by atoms with van der Waals surface area (Å²) in [5.74, 6) is 0.113. The Hall–Kier alpha value is -2.82. The van der Waals surface area contributed by atoms with Crippen LogP contribution in [0.15, 0.2) is 18.2 Å². The summed E-state index contributed by atoms with van der Waals surface area (Å²) in [4.78, 5) is 42.1. The number of sulfone groups is 1. The molecule has 0 aromatic heterocycles. The van der Waals surface area contributed by atoms with Crippen LogP contribution in [0.1, 0.15) is 44.6 Å². The van der Waals surface area contributed by atoms with Crippen molar-refractivity contribution in [2.24, 2.45) is 0 Å². The number of carbonyl (C=O) groups is 3. The predicted octanol–water partition coefficient (Wildman–Crippen LogP) is 1.14. The molecule has 178 valence electrons. The second-order valence-electron chi connectivity index (χ2n) is 9.31. The van der Waals surface area contributed by atoms with Gasteiger partial charge in [0.2, 0.25) is 12.7 Å². The molecule has 1 saturated carbocycles. The molecule has 1 aromatic carbocycles. The van der Waals surface area contributed by atoms with Crippen LogP contribution in [0.5, 0.6) is 11.5 Å². The quantitative estimate of drug-likeness (QED) is 0.631. The van der Waals surface area contributed by atoms with E-state index < -0.39 is 39.9 Å². The fourth-order valence-electron chi connectivity index (χ4n) is 5.34. The monoisotopic (exact) mass is 477 g/mol. The van der Waals surface area contributed by atoms with Crippen LogP contribution in [0.2, 0.25) is 0 Å². The van der Waals surface area contributed by atoms with Crippen molar-refractivity contribution in [3.63, 3.8) is 0 Å². The van der Waals surface area contributed by atoms with Crippen LogP contribution in [-0.4, -0.2) is 73.0 Å². The van der Waals surface area contributed by atoms with Crippen molar-refractivity contribution in [3.05, 3.63) is 23.8 Å². The normalized spacial score (nSPS) is 28.4. The number of ether oxygens (including phenoxy) is 2. The molecule has 11 heteroatoms. The van der Waals surface area contributed by atoms with E-state index in [9.17, 15) is 22.8 Å². The van der Waals surface area contributed by atoms with Crippen molar-refractivity contribution in [1.29, 1.82) is 0 Å². The van der Waals surface area contributed by atoms with E-state index in [1.54, 1.807) is 30.0 Å². The van der Waals surface area contributed by atoms with Gasteiger partial charge in [-0.05, 0) is 43.9 Å². The Bertz CT molecular complexity index is 1110. The maximum absolute atomic E-state index is 13.4. The number of nitrogens with one attached hydrogen (secondary N) is 1.